The van der Waals surface area contributed by atoms with Gasteiger partial charge in [-0.3, -0.25) is 0 Å². The van der Waals surface area contributed by atoms with Gasteiger partial charge in [-0.15, -0.1) is 0 Å². The molecule has 1 fully saturated rings. The van der Waals surface area contributed by atoms with Crippen molar-refractivity contribution in [2.45, 2.75) is 38.3 Å². The first-order valence-corrected chi connectivity index (χ1v) is 6.16. The number of benzene rings is 1. The Morgan fingerprint density at radius 2 is 1.76 bits per heavy atom. The van der Waals surface area contributed by atoms with Gasteiger partial charge in [-0.1, -0.05) is 43.2 Å². The van der Waals surface area contributed by atoms with E-state index in [1.807, 2.05) is 30.3 Å². The van der Waals surface area contributed by atoms with Gasteiger partial charge in [-0.05, 0) is 30.7 Å². The van der Waals surface area contributed by atoms with Crippen molar-refractivity contribution in [2.24, 2.45) is 11.8 Å². The molecule has 3 heteroatoms. The number of alkyl halides is 3. The summed E-state index contributed by atoms with van der Waals surface area (Å²) in [6.45, 7) is 0. The van der Waals surface area contributed by atoms with Crippen LogP contribution >= 0.6 is 0 Å². The maximum atomic E-state index is 12.7. The molecular weight excluding hydrogens is 225 g/mol. The maximum absolute atomic E-state index is 12.7. The third-order valence-electron chi connectivity index (χ3n) is 3.61. The molecule has 0 radical (unpaired) electrons. The highest BCUT2D eigenvalue weighted by molar-refractivity contribution is 5.15. The average molecular weight is 242 g/mol. The molecule has 0 aromatic heterocycles. The number of rotatable bonds is 2. The lowest BCUT2D eigenvalue weighted by molar-refractivity contribution is -0.185. The van der Waals surface area contributed by atoms with Crippen LogP contribution in [0.1, 0.15) is 31.2 Å². The molecule has 0 bridgehead atoms. The van der Waals surface area contributed by atoms with Gasteiger partial charge in [0.1, 0.15) is 0 Å². The normalized spacial score (nSPS) is 25.8. The van der Waals surface area contributed by atoms with Crippen molar-refractivity contribution in [2.75, 3.05) is 0 Å². The molecule has 0 N–H and O–H groups in total. The zero-order valence-electron chi connectivity index (χ0n) is 9.71. The molecule has 94 valence electrons. The average Bonchev–Trinajstić information content (AvgIpc) is 2.29. The van der Waals surface area contributed by atoms with Gasteiger partial charge in [0.05, 0.1) is 5.92 Å². The second-order valence-electron chi connectivity index (χ2n) is 4.96. The third-order valence-corrected chi connectivity index (χ3v) is 3.61. The Labute approximate surface area is 99.8 Å². The molecule has 0 spiro atoms. The predicted molar refractivity (Wildman–Crippen MR) is 61.6 cm³/mol. The van der Waals surface area contributed by atoms with E-state index in [0.29, 0.717) is 19.3 Å². The molecule has 1 aromatic rings. The van der Waals surface area contributed by atoms with E-state index >= 15 is 0 Å². The molecule has 1 aliphatic carbocycles. The second-order valence-corrected chi connectivity index (χ2v) is 4.96. The topological polar surface area (TPSA) is 0 Å². The molecule has 1 aliphatic rings. The SMILES string of the molecule is FC(F)(F)C1CCCC(Cc2ccccc2)C1. The van der Waals surface area contributed by atoms with Gasteiger partial charge < -0.3 is 0 Å². The van der Waals surface area contributed by atoms with E-state index in [4.69, 9.17) is 0 Å². The van der Waals surface area contributed by atoms with Crippen LogP contribution in [-0.4, -0.2) is 6.18 Å². The fourth-order valence-electron chi connectivity index (χ4n) is 2.72. The van der Waals surface area contributed by atoms with Gasteiger partial charge in [0.15, 0.2) is 0 Å². The Balaban J connectivity index is 1.94. The molecule has 2 unspecified atom stereocenters. The molecule has 0 aliphatic heterocycles. The van der Waals surface area contributed by atoms with Crippen molar-refractivity contribution in [1.29, 1.82) is 0 Å². The molecule has 0 nitrogen and oxygen atoms in total. The van der Waals surface area contributed by atoms with Crippen LogP contribution in [0.2, 0.25) is 0 Å². The van der Waals surface area contributed by atoms with Crippen molar-refractivity contribution >= 4 is 0 Å². The van der Waals surface area contributed by atoms with Crippen molar-refractivity contribution in [1.82, 2.24) is 0 Å². The van der Waals surface area contributed by atoms with Crippen LogP contribution in [0.15, 0.2) is 30.3 Å². The minimum absolute atomic E-state index is 0.192. The largest absolute Gasteiger partial charge is 0.391 e. The summed E-state index contributed by atoms with van der Waals surface area (Å²) in [5.74, 6) is -0.886. The Kier molecular flexibility index (Phi) is 3.75. The highest BCUT2D eigenvalue weighted by atomic mass is 19.4. The monoisotopic (exact) mass is 242 g/mol. The summed E-state index contributed by atoms with van der Waals surface area (Å²) in [7, 11) is 0. The van der Waals surface area contributed by atoms with Crippen molar-refractivity contribution < 1.29 is 13.2 Å². The quantitative estimate of drug-likeness (QED) is 0.711. The van der Waals surface area contributed by atoms with Gasteiger partial charge in [0.25, 0.3) is 0 Å². The standard InChI is InChI=1S/C14H17F3/c15-14(16,17)13-8-4-7-12(10-13)9-11-5-2-1-3-6-11/h1-3,5-6,12-13H,4,7-10H2. The summed E-state index contributed by atoms with van der Waals surface area (Å²) in [6.07, 6.45) is -0.959. The summed E-state index contributed by atoms with van der Waals surface area (Å²) >= 11 is 0. The molecule has 1 saturated carbocycles. The Morgan fingerprint density at radius 1 is 1.06 bits per heavy atom. The van der Waals surface area contributed by atoms with E-state index in [1.165, 1.54) is 0 Å². The first-order chi connectivity index (χ1) is 8.05. The molecule has 2 atom stereocenters. The van der Waals surface area contributed by atoms with Crippen LogP contribution in [0.5, 0.6) is 0 Å². The minimum atomic E-state index is -4.00. The van der Waals surface area contributed by atoms with Crippen molar-refractivity contribution in [3.05, 3.63) is 35.9 Å². The van der Waals surface area contributed by atoms with E-state index in [1.54, 1.807) is 0 Å². The van der Waals surface area contributed by atoms with Crippen LogP contribution in [0.4, 0.5) is 13.2 Å². The molecular formula is C14H17F3. The number of hydrogen-bond donors (Lipinski definition) is 0. The molecule has 0 saturated heterocycles. The Bertz CT molecular complexity index is 342. The van der Waals surface area contributed by atoms with Gasteiger partial charge in [0.2, 0.25) is 0 Å². The Hall–Kier alpha value is -0.990. The lowest BCUT2D eigenvalue weighted by Crippen LogP contribution is -2.29. The minimum Gasteiger partial charge on any atom is -0.171 e. The van der Waals surface area contributed by atoms with Crippen LogP contribution in [0, 0.1) is 11.8 Å². The lowest BCUT2D eigenvalue weighted by Gasteiger charge is -2.30. The first-order valence-electron chi connectivity index (χ1n) is 6.16. The molecule has 17 heavy (non-hydrogen) atoms. The molecule has 0 heterocycles. The number of hydrogen-bond acceptors (Lipinski definition) is 0. The predicted octanol–water partition coefficient (Wildman–Crippen LogP) is 4.60. The van der Waals surface area contributed by atoms with Crippen LogP contribution < -0.4 is 0 Å². The van der Waals surface area contributed by atoms with Crippen LogP contribution in [0.3, 0.4) is 0 Å². The molecule has 1 aromatic carbocycles. The highest BCUT2D eigenvalue weighted by Gasteiger charge is 2.41. The third kappa shape index (κ3) is 3.48. The summed E-state index contributed by atoms with van der Waals surface area (Å²) in [6, 6.07) is 9.82. The first kappa shape index (κ1) is 12.5. The fourth-order valence-corrected chi connectivity index (χ4v) is 2.72. The maximum Gasteiger partial charge on any atom is 0.391 e. The summed E-state index contributed by atoms with van der Waals surface area (Å²) in [4.78, 5) is 0. The highest BCUT2D eigenvalue weighted by Crippen LogP contribution is 2.40. The van der Waals surface area contributed by atoms with Crippen LogP contribution in [-0.2, 0) is 6.42 Å². The van der Waals surface area contributed by atoms with E-state index in [-0.39, 0.29) is 5.92 Å². The zero-order chi connectivity index (χ0) is 12.3. The van der Waals surface area contributed by atoms with E-state index in [2.05, 4.69) is 0 Å². The summed E-state index contributed by atoms with van der Waals surface area (Å²) in [5.41, 5.74) is 1.15. The van der Waals surface area contributed by atoms with Crippen LogP contribution in [0.25, 0.3) is 0 Å². The van der Waals surface area contributed by atoms with Gasteiger partial charge in [-0.25, -0.2) is 0 Å². The molecule has 2 rings (SSSR count). The second kappa shape index (κ2) is 5.11. The van der Waals surface area contributed by atoms with Gasteiger partial charge in [0, 0.05) is 0 Å². The van der Waals surface area contributed by atoms with E-state index in [9.17, 15) is 13.2 Å². The summed E-state index contributed by atoms with van der Waals surface area (Å²) in [5, 5.41) is 0. The Morgan fingerprint density at radius 3 is 2.41 bits per heavy atom. The van der Waals surface area contributed by atoms with E-state index in [0.717, 1.165) is 18.4 Å². The smallest absolute Gasteiger partial charge is 0.171 e. The summed E-state index contributed by atoms with van der Waals surface area (Å²) < 4.78 is 38.0. The van der Waals surface area contributed by atoms with Crippen molar-refractivity contribution in [3.63, 3.8) is 0 Å². The van der Waals surface area contributed by atoms with Gasteiger partial charge in [-0.2, -0.15) is 13.2 Å². The fraction of sp³-hybridized carbons (Fsp3) is 0.571. The van der Waals surface area contributed by atoms with Crippen molar-refractivity contribution in [3.8, 4) is 0 Å². The lowest BCUT2D eigenvalue weighted by atomic mass is 9.78. The van der Waals surface area contributed by atoms with E-state index < -0.39 is 12.1 Å². The number of halogens is 3. The van der Waals surface area contributed by atoms with Gasteiger partial charge >= 0.3 is 6.18 Å². The molecule has 0 amide bonds. The zero-order valence-corrected chi connectivity index (χ0v) is 9.71.